The molecule has 0 radical (unpaired) electrons. The Morgan fingerprint density at radius 3 is 2.03 bits per heavy atom. The summed E-state index contributed by atoms with van der Waals surface area (Å²) in [4.78, 5) is 51.7. The van der Waals surface area contributed by atoms with Gasteiger partial charge >= 0.3 is 5.97 Å². The monoisotopic (exact) mass is 524 g/mol. The van der Waals surface area contributed by atoms with Crippen molar-refractivity contribution in [3.05, 3.63) is 11.6 Å². The van der Waals surface area contributed by atoms with Crippen LogP contribution in [0.2, 0.25) is 0 Å². The van der Waals surface area contributed by atoms with Gasteiger partial charge in [-0.05, 0) is 65.5 Å². The van der Waals surface area contributed by atoms with Gasteiger partial charge in [0.05, 0.1) is 12.6 Å². The number of hydrogen-bond donors (Lipinski definition) is 2. The van der Waals surface area contributed by atoms with Gasteiger partial charge in [0.15, 0.2) is 0 Å². The molecule has 37 heavy (non-hydrogen) atoms. The van der Waals surface area contributed by atoms with E-state index >= 15 is 0 Å². The molecule has 2 aliphatic rings. The number of nitrogens with zero attached hydrogens (tertiary/aromatic N) is 3. The molecule has 2 heterocycles. The van der Waals surface area contributed by atoms with E-state index in [1.807, 2.05) is 13.8 Å². The zero-order valence-corrected chi connectivity index (χ0v) is 24.5. The number of likely N-dealkylation sites (tertiary alicyclic amines) is 2. The maximum absolute atomic E-state index is 12.6. The lowest BCUT2D eigenvalue weighted by Gasteiger charge is -2.30. The number of piperidine rings is 1. The van der Waals surface area contributed by atoms with Gasteiger partial charge in [-0.15, -0.1) is 0 Å². The van der Waals surface area contributed by atoms with Crippen molar-refractivity contribution in [1.29, 1.82) is 0 Å². The molecule has 0 spiro atoms. The number of nitrogens with one attached hydrogen (secondary N) is 1. The van der Waals surface area contributed by atoms with Gasteiger partial charge in [-0.3, -0.25) is 14.4 Å². The highest BCUT2D eigenvalue weighted by Crippen LogP contribution is 2.21. The molecule has 0 saturated carbocycles. The molecule has 0 bridgehead atoms. The van der Waals surface area contributed by atoms with E-state index in [4.69, 9.17) is 0 Å². The minimum absolute atomic E-state index is 0.0433. The molecule has 9 nitrogen and oxygen atoms in total. The molecule has 3 amide bonds. The summed E-state index contributed by atoms with van der Waals surface area (Å²) in [5.74, 6) is -1.54. The first-order valence-electron chi connectivity index (χ1n) is 13.8. The van der Waals surface area contributed by atoms with Crippen LogP contribution in [0.25, 0.3) is 0 Å². The molecule has 0 aromatic heterocycles. The smallest absolute Gasteiger partial charge is 0.326 e. The van der Waals surface area contributed by atoms with E-state index in [-0.39, 0.29) is 30.3 Å². The van der Waals surface area contributed by atoms with Gasteiger partial charge in [0.25, 0.3) is 0 Å². The quantitative estimate of drug-likeness (QED) is 0.353. The van der Waals surface area contributed by atoms with Gasteiger partial charge in [-0.1, -0.05) is 46.6 Å². The van der Waals surface area contributed by atoms with E-state index in [9.17, 15) is 24.3 Å². The molecular weight excluding hydrogens is 472 g/mol. The number of carboxylic acid groups (broad SMARTS) is 1. The molecule has 2 aliphatic heterocycles. The summed E-state index contributed by atoms with van der Waals surface area (Å²) in [5, 5.41) is 11.6. The fourth-order valence-corrected chi connectivity index (χ4v) is 4.43. The van der Waals surface area contributed by atoms with Crippen molar-refractivity contribution in [1.82, 2.24) is 20.0 Å². The maximum atomic E-state index is 12.6. The third kappa shape index (κ3) is 12.6. The van der Waals surface area contributed by atoms with Crippen molar-refractivity contribution < 1.29 is 24.3 Å². The fraction of sp³-hybridized carbons (Fsp3) is 0.786. The fourth-order valence-electron chi connectivity index (χ4n) is 4.43. The van der Waals surface area contributed by atoms with Crippen molar-refractivity contribution in [3.63, 3.8) is 0 Å². The molecule has 2 atom stereocenters. The van der Waals surface area contributed by atoms with Crippen LogP contribution in [0.3, 0.4) is 0 Å². The summed E-state index contributed by atoms with van der Waals surface area (Å²) in [6, 6.07) is -0.356. The van der Waals surface area contributed by atoms with Crippen LogP contribution >= 0.6 is 0 Å². The summed E-state index contributed by atoms with van der Waals surface area (Å²) in [7, 11) is 1.61. The maximum Gasteiger partial charge on any atom is 0.326 e. The zero-order chi connectivity index (χ0) is 28.5. The minimum atomic E-state index is -0.994. The first kappa shape index (κ1) is 34.6. The highest BCUT2D eigenvalue weighted by atomic mass is 16.4. The molecule has 2 N–H and O–H groups in total. The SMILES string of the molecule is C/C(=C\[C@H](C(C)C)N(C)C(=O)CNC=O)C(=O)N1CCC[C@H]1C(=O)O.CC(C)N1CCCCC1.CCC. The summed E-state index contributed by atoms with van der Waals surface area (Å²) in [6.45, 7) is 17.3. The molecule has 9 heteroatoms. The second-order valence-corrected chi connectivity index (χ2v) is 10.5. The van der Waals surface area contributed by atoms with E-state index in [1.165, 1.54) is 48.6 Å². The number of hydrogen-bond acceptors (Lipinski definition) is 5. The van der Waals surface area contributed by atoms with Gasteiger partial charge in [0.1, 0.15) is 6.04 Å². The average molecular weight is 525 g/mol. The zero-order valence-electron chi connectivity index (χ0n) is 24.5. The van der Waals surface area contributed by atoms with Crippen LogP contribution in [0.4, 0.5) is 0 Å². The van der Waals surface area contributed by atoms with Gasteiger partial charge in [0.2, 0.25) is 18.2 Å². The van der Waals surface area contributed by atoms with E-state index < -0.39 is 12.0 Å². The minimum Gasteiger partial charge on any atom is -0.480 e. The average Bonchev–Trinajstić information content (AvgIpc) is 3.36. The van der Waals surface area contributed by atoms with E-state index in [1.54, 1.807) is 20.0 Å². The van der Waals surface area contributed by atoms with Crippen LogP contribution in [0.1, 0.15) is 87.0 Å². The molecule has 214 valence electrons. The predicted octanol–water partition coefficient (Wildman–Crippen LogP) is 3.53. The lowest BCUT2D eigenvalue weighted by atomic mass is 9.99. The summed E-state index contributed by atoms with van der Waals surface area (Å²) in [6.07, 6.45) is 8.81. The lowest BCUT2D eigenvalue weighted by molar-refractivity contribution is -0.146. The predicted molar refractivity (Wildman–Crippen MR) is 148 cm³/mol. The third-order valence-electron chi connectivity index (χ3n) is 6.54. The Balaban J connectivity index is 0.000000887. The summed E-state index contributed by atoms with van der Waals surface area (Å²) < 4.78 is 0. The summed E-state index contributed by atoms with van der Waals surface area (Å²) in [5.41, 5.74) is 0.412. The lowest BCUT2D eigenvalue weighted by Crippen LogP contribution is -2.44. The van der Waals surface area contributed by atoms with Gasteiger partial charge in [-0.2, -0.15) is 0 Å². The second kappa shape index (κ2) is 18.8. The van der Waals surface area contributed by atoms with Gasteiger partial charge < -0.3 is 25.1 Å². The first-order valence-corrected chi connectivity index (χ1v) is 13.8. The van der Waals surface area contributed by atoms with Crippen LogP contribution < -0.4 is 5.32 Å². The van der Waals surface area contributed by atoms with Crippen molar-refractivity contribution in [2.75, 3.05) is 33.2 Å². The molecule has 2 fully saturated rings. The molecular formula is C28H52N4O5. The molecule has 0 aromatic carbocycles. The Morgan fingerprint density at radius 1 is 1.03 bits per heavy atom. The Morgan fingerprint density at radius 2 is 1.59 bits per heavy atom. The number of carbonyl (C=O) groups excluding carboxylic acids is 3. The molecule has 2 saturated heterocycles. The first-order chi connectivity index (χ1) is 17.4. The van der Waals surface area contributed by atoms with E-state index in [0.29, 0.717) is 31.4 Å². The van der Waals surface area contributed by atoms with Crippen molar-refractivity contribution in [3.8, 4) is 0 Å². The molecule has 0 unspecified atom stereocenters. The number of amides is 3. The van der Waals surface area contributed by atoms with Crippen LogP contribution in [-0.2, 0) is 19.2 Å². The number of aliphatic carboxylic acids is 1. The van der Waals surface area contributed by atoms with Gasteiger partial charge in [0, 0.05) is 25.2 Å². The highest BCUT2D eigenvalue weighted by Gasteiger charge is 2.34. The Labute approximate surface area is 224 Å². The Hall–Kier alpha value is -2.42. The molecule has 0 aromatic rings. The van der Waals surface area contributed by atoms with Crippen LogP contribution in [0.5, 0.6) is 0 Å². The third-order valence-corrected chi connectivity index (χ3v) is 6.54. The molecule has 2 rings (SSSR count). The number of carbonyl (C=O) groups is 4. The van der Waals surface area contributed by atoms with Crippen molar-refractivity contribution in [2.45, 2.75) is 105 Å². The Bertz CT molecular complexity index is 732. The standard InChI is InChI=1S/C17H27N3O5.C8H17N.C3H8/c1-11(2)14(19(4)15(22)9-18-10-21)8-12(3)16(23)20-7-5-6-13(20)17(24)25;1-8(2)9-6-4-3-5-7-9;1-3-2/h8,10-11,13-14H,5-7,9H2,1-4H3,(H,18,21)(H,24,25);8H,3-7H2,1-2H3;3H2,1-2H3/b12-8+;;/t13-,14+;;/m0../s1. The van der Waals surface area contributed by atoms with Crippen LogP contribution in [0, 0.1) is 5.92 Å². The highest BCUT2D eigenvalue weighted by molar-refractivity contribution is 5.96. The number of likely N-dealkylation sites (N-methyl/N-ethyl adjacent to an activating group) is 1. The number of rotatable bonds is 9. The topological polar surface area (TPSA) is 110 Å². The van der Waals surface area contributed by atoms with Crippen LogP contribution in [0.15, 0.2) is 11.6 Å². The van der Waals surface area contributed by atoms with Crippen molar-refractivity contribution >= 4 is 24.2 Å². The van der Waals surface area contributed by atoms with E-state index in [2.05, 4.69) is 37.9 Å². The largest absolute Gasteiger partial charge is 0.480 e. The number of carboxylic acids is 1. The Kier molecular flexibility index (Phi) is 17.5. The molecule has 0 aliphatic carbocycles. The van der Waals surface area contributed by atoms with E-state index in [0.717, 1.165) is 6.04 Å². The second-order valence-electron chi connectivity index (χ2n) is 10.5. The van der Waals surface area contributed by atoms with Crippen molar-refractivity contribution in [2.24, 2.45) is 5.92 Å². The van der Waals surface area contributed by atoms with Gasteiger partial charge in [-0.25, -0.2) is 4.79 Å². The summed E-state index contributed by atoms with van der Waals surface area (Å²) >= 11 is 0. The normalized spacial score (nSPS) is 18.8. The van der Waals surface area contributed by atoms with Crippen LogP contribution in [-0.4, -0.2) is 95.4 Å².